The number of halogens is 2. The third-order valence-electron chi connectivity index (χ3n) is 3.82. The highest BCUT2D eigenvalue weighted by Crippen LogP contribution is 2.21. The second-order valence-corrected chi connectivity index (χ2v) is 5.71. The lowest BCUT2D eigenvalue weighted by Crippen LogP contribution is -2.86. The van der Waals surface area contributed by atoms with E-state index in [1.54, 1.807) is 19.2 Å². The molecule has 0 bridgehead atoms. The smallest absolute Gasteiger partial charge is 0.279 e. The lowest BCUT2D eigenvalue weighted by atomic mass is 10.1. The maximum atomic E-state index is 13.2. The molecule has 0 aliphatic carbocycles. The summed E-state index contributed by atoms with van der Waals surface area (Å²) in [5.41, 5.74) is 1.59. The van der Waals surface area contributed by atoms with Gasteiger partial charge in [0.15, 0.2) is 18.2 Å². The number of nitrogens with zero attached hydrogens (tertiary/aromatic N) is 1. The molecule has 0 radical (unpaired) electrons. The van der Waals surface area contributed by atoms with Crippen molar-refractivity contribution in [3.05, 3.63) is 69.3 Å². The minimum absolute atomic E-state index is 0.0472. The summed E-state index contributed by atoms with van der Waals surface area (Å²) in [5, 5.41) is 15.1. The molecule has 2 rings (SSSR count). The first-order valence-corrected chi connectivity index (χ1v) is 7.61. The van der Waals surface area contributed by atoms with Gasteiger partial charge in [-0.25, -0.2) is 8.78 Å². The van der Waals surface area contributed by atoms with E-state index in [9.17, 15) is 23.7 Å². The molecule has 2 aromatic rings. The predicted octanol–water partition coefficient (Wildman–Crippen LogP) is 2.44. The number of nitro groups is 1. The summed E-state index contributed by atoms with van der Waals surface area (Å²) in [6, 6.07) is 7.56. The largest absolute Gasteiger partial charge is 0.333 e. The van der Waals surface area contributed by atoms with Crippen molar-refractivity contribution in [3.63, 3.8) is 0 Å². The molecule has 1 amide bonds. The summed E-state index contributed by atoms with van der Waals surface area (Å²) in [6.45, 7) is 3.50. The first-order valence-electron chi connectivity index (χ1n) is 7.61. The number of hydrogen-bond donors (Lipinski definition) is 2. The van der Waals surface area contributed by atoms with Crippen LogP contribution in [0.25, 0.3) is 0 Å². The SMILES string of the molecule is Cc1cc([N+](=O)[O-])ccc1NC(=O)C[NH2+][C@H](C)c1ccc(F)c(F)c1. The summed E-state index contributed by atoms with van der Waals surface area (Å²) in [5.74, 6) is -2.14. The molecular formula is C17H18F2N3O3+. The van der Waals surface area contributed by atoms with Gasteiger partial charge < -0.3 is 10.6 Å². The normalized spacial score (nSPS) is 11.8. The van der Waals surface area contributed by atoms with Gasteiger partial charge in [-0.3, -0.25) is 14.9 Å². The highest BCUT2D eigenvalue weighted by molar-refractivity contribution is 5.92. The number of non-ortho nitro benzene ring substituents is 1. The van der Waals surface area contributed by atoms with Gasteiger partial charge in [0.25, 0.3) is 11.6 Å². The van der Waals surface area contributed by atoms with Crippen molar-refractivity contribution in [1.82, 2.24) is 0 Å². The zero-order valence-corrected chi connectivity index (χ0v) is 13.8. The van der Waals surface area contributed by atoms with Crippen LogP contribution in [-0.4, -0.2) is 17.4 Å². The predicted molar refractivity (Wildman–Crippen MR) is 88.0 cm³/mol. The number of aryl methyl sites for hydroxylation is 1. The highest BCUT2D eigenvalue weighted by atomic mass is 19.2. The minimum Gasteiger partial charge on any atom is -0.333 e. The van der Waals surface area contributed by atoms with Gasteiger partial charge in [0.1, 0.15) is 6.04 Å². The lowest BCUT2D eigenvalue weighted by molar-refractivity contribution is -0.682. The quantitative estimate of drug-likeness (QED) is 0.619. The van der Waals surface area contributed by atoms with E-state index in [2.05, 4.69) is 5.32 Å². The zero-order valence-electron chi connectivity index (χ0n) is 13.8. The molecule has 25 heavy (non-hydrogen) atoms. The number of nitrogens with two attached hydrogens (primary N) is 1. The Morgan fingerprint density at radius 2 is 1.96 bits per heavy atom. The zero-order chi connectivity index (χ0) is 18.6. The molecule has 0 aliphatic heterocycles. The third-order valence-corrected chi connectivity index (χ3v) is 3.82. The molecule has 8 heteroatoms. The summed E-state index contributed by atoms with van der Waals surface area (Å²) in [4.78, 5) is 22.2. The standard InChI is InChI=1S/C17H17F2N3O3/c1-10-7-13(22(24)25)4-6-16(10)21-17(23)9-20-11(2)12-3-5-14(18)15(19)8-12/h3-8,11,20H,9H2,1-2H3,(H,21,23)/p+1/t11-/m1/s1. The summed E-state index contributed by atoms with van der Waals surface area (Å²) < 4.78 is 26.2. The Morgan fingerprint density at radius 1 is 1.24 bits per heavy atom. The molecule has 0 heterocycles. The first-order chi connectivity index (χ1) is 11.8. The van der Waals surface area contributed by atoms with E-state index in [1.807, 2.05) is 0 Å². The molecule has 0 aromatic heterocycles. The number of rotatable bonds is 6. The second-order valence-electron chi connectivity index (χ2n) is 5.71. The molecule has 0 saturated heterocycles. The fourth-order valence-corrected chi connectivity index (χ4v) is 2.32. The van der Waals surface area contributed by atoms with Crippen molar-refractivity contribution in [2.75, 3.05) is 11.9 Å². The van der Waals surface area contributed by atoms with Crippen LogP contribution in [0.4, 0.5) is 20.2 Å². The van der Waals surface area contributed by atoms with Gasteiger partial charge in [0.05, 0.1) is 4.92 Å². The molecule has 0 fully saturated rings. The third kappa shape index (κ3) is 4.80. The molecule has 0 unspecified atom stereocenters. The number of amides is 1. The molecular weight excluding hydrogens is 332 g/mol. The highest BCUT2D eigenvalue weighted by Gasteiger charge is 2.15. The van der Waals surface area contributed by atoms with E-state index >= 15 is 0 Å². The second kappa shape index (κ2) is 7.80. The van der Waals surface area contributed by atoms with E-state index in [0.717, 1.165) is 12.1 Å². The number of nitro benzene ring substituents is 1. The van der Waals surface area contributed by atoms with Crippen LogP contribution in [0.1, 0.15) is 24.1 Å². The Balaban J connectivity index is 1.94. The lowest BCUT2D eigenvalue weighted by Gasteiger charge is -2.12. The number of carbonyl (C=O) groups excluding carboxylic acids is 1. The fraction of sp³-hybridized carbons (Fsp3) is 0.235. The van der Waals surface area contributed by atoms with Crippen LogP contribution in [0.3, 0.4) is 0 Å². The Morgan fingerprint density at radius 3 is 2.56 bits per heavy atom. The van der Waals surface area contributed by atoms with E-state index in [1.165, 1.54) is 24.3 Å². The van der Waals surface area contributed by atoms with Crippen LogP contribution in [-0.2, 0) is 4.79 Å². The van der Waals surface area contributed by atoms with E-state index in [0.29, 0.717) is 16.8 Å². The first kappa shape index (κ1) is 18.5. The summed E-state index contributed by atoms with van der Waals surface area (Å²) in [6.07, 6.45) is 0. The van der Waals surface area contributed by atoms with Gasteiger partial charge in [-0.2, -0.15) is 0 Å². The number of quaternary nitrogens is 1. The maximum absolute atomic E-state index is 13.2. The van der Waals surface area contributed by atoms with Crippen molar-refractivity contribution < 1.29 is 23.8 Å². The van der Waals surface area contributed by atoms with Gasteiger partial charge >= 0.3 is 0 Å². The van der Waals surface area contributed by atoms with Crippen molar-refractivity contribution in [2.45, 2.75) is 19.9 Å². The topological polar surface area (TPSA) is 88.9 Å². The van der Waals surface area contributed by atoms with Gasteiger partial charge in [-0.05, 0) is 43.7 Å². The van der Waals surface area contributed by atoms with E-state index < -0.39 is 16.6 Å². The van der Waals surface area contributed by atoms with Crippen LogP contribution in [0, 0.1) is 28.7 Å². The van der Waals surface area contributed by atoms with Gasteiger partial charge in [0, 0.05) is 23.4 Å². The number of carbonyl (C=O) groups is 1. The number of hydrogen-bond acceptors (Lipinski definition) is 3. The van der Waals surface area contributed by atoms with Crippen molar-refractivity contribution in [3.8, 4) is 0 Å². The summed E-state index contributed by atoms with van der Waals surface area (Å²) >= 11 is 0. The Hall–Kier alpha value is -2.87. The van der Waals surface area contributed by atoms with E-state index in [-0.39, 0.29) is 24.2 Å². The maximum Gasteiger partial charge on any atom is 0.279 e. The number of benzene rings is 2. The molecule has 6 nitrogen and oxygen atoms in total. The molecule has 0 aliphatic rings. The number of anilines is 1. The molecule has 0 saturated carbocycles. The fourth-order valence-electron chi connectivity index (χ4n) is 2.32. The Labute approximate surface area is 143 Å². The molecule has 0 spiro atoms. The average Bonchev–Trinajstić information content (AvgIpc) is 2.56. The average molecular weight is 350 g/mol. The van der Waals surface area contributed by atoms with Gasteiger partial charge in [-0.1, -0.05) is 0 Å². The van der Waals surface area contributed by atoms with Crippen LogP contribution in [0.5, 0.6) is 0 Å². The van der Waals surface area contributed by atoms with Gasteiger partial charge in [0.2, 0.25) is 0 Å². The monoisotopic (exact) mass is 350 g/mol. The Bertz CT molecular complexity index is 812. The number of nitrogens with one attached hydrogen (secondary N) is 1. The Kier molecular flexibility index (Phi) is 5.76. The molecule has 132 valence electrons. The van der Waals surface area contributed by atoms with Crippen molar-refractivity contribution >= 4 is 17.3 Å². The minimum atomic E-state index is -0.927. The van der Waals surface area contributed by atoms with Crippen molar-refractivity contribution in [2.24, 2.45) is 0 Å². The molecule has 3 N–H and O–H groups in total. The van der Waals surface area contributed by atoms with Crippen LogP contribution < -0.4 is 10.6 Å². The van der Waals surface area contributed by atoms with E-state index in [4.69, 9.17) is 0 Å². The van der Waals surface area contributed by atoms with Crippen LogP contribution in [0.2, 0.25) is 0 Å². The van der Waals surface area contributed by atoms with Crippen LogP contribution in [0.15, 0.2) is 36.4 Å². The van der Waals surface area contributed by atoms with Gasteiger partial charge in [-0.15, -0.1) is 0 Å². The van der Waals surface area contributed by atoms with Crippen molar-refractivity contribution in [1.29, 1.82) is 0 Å². The summed E-state index contributed by atoms with van der Waals surface area (Å²) in [7, 11) is 0. The molecule has 1 atom stereocenters. The molecule has 2 aromatic carbocycles. The van der Waals surface area contributed by atoms with Crippen LogP contribution >= 0.6 is 0 Å².